The number of hydrogen-bond acceptors (Lipinski definition) is 7. The predicted octanol–water partition coefficient (Wildman–Crippen LogP) is 5.79. The van der Waals surface area contributed by atoms with Crippen LogP contribution in [-0.4, -0.2) is 44.0 Å². The van der Waals surface area contributed by atoms with E-state index in [9.17, 15) is 9.59 Å². The molecule has 12 heteroatoms. The number of halogens is 2. The van der Waals surface area contributed by atoms with Crippen molar-refractivity contribution in [3.8, 4) is 22.7 Å². The molecule has 1 aliphatic rings. The Kier molecular flexibility index (Phi) is 7.80. The van der Waals surface area contributed by atoms with Gasteiger partial charge in [0, 0.05) is 39.2 Å². The standard InChI is InChI=1S/C31H29BrClN7O3/c1-31(2,34)15-26(41)35-23-10-8-18-14-19(33)9-11-24(18)40(30(23)42)16-17-7-12-25-22(13-17)27(32)28(43-25)20-5-3-4-6-21(20)29-36-38-39-37-29/h3-7,9,11-14,23H,8,10,15-16,34H2,1-2H3,(H,35,41)(H,36,37,38,39). The third-order valence-electron chi connectivity index (χ3n) is 7.34. The number of carbonyl (C=O) groups is 2. The number of nitrogens with two attached hydrogens (primary N) is 1. The Balaban J connectivity index is 1.34. The molecule has 5 aromatic rings. The van der Waals surface area contributed by atoms with E-state index in [1.807, 2.05) is 54.6 Å². The van der Waals surface area contributed by atoms with E-state index in [4.69, 9.17) is 21.8 Å². The molecule has 3 aromatic carbocycles. The van der Waals surface area contributed by atoms with Crippen LogP contribution in [0.3, 0.4) is 0 Å². The molecular formula is C31H29BrClN7O3. The van der Waals surface area contributed by atoms with E-state index in [1.165, 1.54) is 0 Å². The largest absolute Gasteiger partial charge is 0.455 e. The van der Waals surface area contributed by atoms with Gasteiger partial charge in [-0.2, -0.15) is 5.21 Å². The Morgan fingerprint density at radius 2 is 1.98 bits per heavy atom. The lowest BCUT2D eigenvalue weighted by molar-refractivity contribution is -0.128. The molecule has 2 amide bonds. The van der Waals surface area contributed by atoms with Gasteiger partial charge in [0.2, 0.25) is 17.6 Å². The zero-order valence-electron chi connectivity index (χ0n) is 23.5. The number of tetrazole rings is 1. The van der Waals surface area contributed by atoms with E-state index in [-0.39, 0.29) is 24.8 Å². The van der Waals surface area contributed by atoms with Crippen LogP contribution in [0.25, 0.3) is 33.7 Å². The Bertz CT molecular complexity index is 1830. The minimum absolute atomic E-state index is 0.110. The van der Waals surface area contributed by atoms with Crippen molar-refractivity contribution in [2.45, 2.75) is 51.2 Å². The van der Waals surface area contributed by atoms with Gasteiger partial charge in [-0.25, -0.2) is 0 Å². The molecule has 3 heterocycles. The molecule has 0 radical (unpaired) electrons. The van der Waals surface area contributed by atoms with Gasteiger partial charge in [-0.15, -0.1) is 10.2 Å². The van der Waals surface area contributed by atoms with Crippen molar-refractivity contribution in [2.75, 3.05) is 4.90 Å². The molecule has 43 heavy (non-hydrogen) atoms. The summed E-state index contributed by atoms with van der Waals surface area (Å²) in [6.45, 7) is 3.85. The Labute approximate surface area is 261 Å². The second kappa shape index (κ2) is 11.6. The second-order valence-electron chi connectivity index (χ2n) is 11.4. The first kappa shape index (κ1) is 29.0. The number of amides is 2. The first-order valence-electron chi connectivity index (χ1n) is 13.8. The molecule has 1 aliphatic heterocycles. The average molecular weight is 663 g/mol. The van der Waals surface area contributed by atoms with E-state index in [0.717, 1.165) is 37.8 Å². The van der Waals surface area contributed by atoms with Crippen LogP contribution in [0.1, 0.15) is 37.8 Å². The Morgan fingerprint density at radius 3 is 2.72 bits per heavy atom. The lowest BCUT2D eigenvalue weighted by Gasteiger charge is -2.27. The molecular weight excluding hydrogens is 634 g/mol. The first-order valence-corrected chi connectivity index (χ1v) is 15.0. The smallest absolute Gasteiger partial charge is 0.249 e. The highest BCUT2D eigenvalue weighted by molar-refractivity contribution is 9.10. The number of aromatic amines is 1. The quantitative estimate of drug-likeness (QED) is 0.200. The number of anilines is 1. The maximum atomic E-state index is 14.0. The van der Waals surface area contributed by atoms with E-state index in [1.54, 1.807) is 24.8 Å². The van der Waals surface area contributed by atoms with Crippen LogP contribution in [0.2, 0.25) is 5.02 Å². The highest BCUT2D eigenvalue weighted by Gasteiger charge is 2.32. The number of nitrogens with zero attached hydrogens (tertiary/aromatic N) is 4. The van der Waals surface area contributed by atoms with Crippen molar-refractivity contribution in [1.29, 1.82) is 0 Å². The molecule has 1 unspecified atom stereocenters. The predicted molar refractivity (Wildman–Crippen MR) is 168 cm³/mol. The van der Waals surface area contributed by atoms with Crippen molar-refractivity contribution >= 4 is 56.0 Å². The zero-order valence-corrected chi connectivity index (χ0v) is 25.9. The summed E-state index contributed by atoms with van der Waals surface area (Å²) in [7, 11) is 0. The molecule has 2 aromatic heterocycles. The van der Waals surface area contributed by atoms with Gasteiger partial charge in [0.25, 0.3) is 0 Å². The van der Waals surface area contributed by atoms with Gasteiger partial charge < -0.3 is 20.4 Å². The van der Waals surface area contributed by atoms with Crippen molar-refractivity contribution in [1.82, 2.24) is 25.9 Å². The zero-order chi connectivity index (χ0) is 30.3. The number of hydrogen-bond donors (Lipinski definition) is 3. The topological polar surface area (TPSA) is 143 Å². The fourth-order valence-electron chi connectivity index (χ4n) is 5.42. The first-order chi connectivity index (χ1) is 20.6. The number of furan rings is 1. The van der Waals surface area contributed by atoms with Gasteiger partial charge >= 0.3 is 0 Å². The van der Waals surface area contributed by atoms with Gasteiger partial charge in [0.1, 0.15) is 17.4 Å². The highest BCUT2D eigenvalue weighted by atomic mass is 79.9. The van der Waals surface area contributed by atoms with Gasteiger partial charge in [-0.1, -0.05) is 41.9 Å². The van der Waals surface area contributed by atoms with Crippen LogP contribution in [-0.2, 0) is 22.6 Å². The monoisotopic (exact) mass is 661 g/mol. The molecule has 0 bridgehead atoms. The summed E-state index contributed by atoms with van der Waals surface area (Å²) < 4.78 is 7.06. The van der Waals surface area contributed by atoms with Crippen molar-refractivity contribution in [3.63, 3.8) is 0 Å². The molecule has 0 spiro atoms. The second-order valence-corrected chi connectivity index (χ2v) is 12.6. The number of rotatable bonds is 7. The fourth-order valence-corrected chi connectivity index (χ4v) is 6.22. The van der Waals surface area contributed by atoms with Gasteiger partial charge in [-0.05, 0) is 89.3 Å². The van der Waals surface area contributed by atoms with Crippen LogP contribution in [0.4, 0.5) is 5.69 Å². The van der Waals surface area contributed by atoms with Gasteiger partial charge in [0.05, 0.1) is 11.0 Å². The Morgan fingerprint density at radius 1 is 1.19 bits per heavy atom. The summed E-state index contributed by atoms with van der Waals surface area (Å²) in [6.07, 6.45) is 1.15. The van der Waals surface area contributed by atoms with Crippen molar-refractivity contribution < 1.29 is 14.0 Å². The van der Waals surface area contributed by atoms with E-state index < -0.39 is 11.6 Å². The maximum absolute atomic E-state index is 14.0. The third-order valence-corrected chi connectivity index (χ3v) is 8.36. The Hall–Kier alpha value is -4.06. The lowest BCUT2D eigenvalue weighted by atomic mass is 10.0. The summed E-state index contributed by atoms with van der Waals surface area (Å²) in [6, 6.07) is 18.3. The van der Waals surface area contributed by atoms with E-state index in [0.29, 0.717) is 35.0 Å². The SMILES string of the molecule is CC(C)(N)CC(=O)NC1CCc2cc(Cl)ccc2N(Cc2ccc3oc(-c4ccccc4-c4nn[nH]n4)c(Br)c3c2)C1=O. The molecule has 10 nitrogen and oxygen atoms in total. The summed E-state index contributed by atoms with van der Waals surface area (Å²) >= 11 is 10.1. The number of aryl methyl sites for hydroxylation is 1. The molecule has 4 N–H and O–H groups in total. The van der Waals surface area contributed by atoms with Crippen molar-refractivity contribution in [2.24, 2.45) is 5.73 Å². The van der Waals surface area contributed by atoms with E-state index >= 15 is 0 Å². The molecule has 6 rings (SSSR count). The van der Waals surface area contributed by atoms with Crippen LogP contribution in [0.15, 0.2) is 69.6 Å². The normalized spacial score (nSPS) is 15.4. The number of aromatic nitrogens is 4. The average Bonchev–Trinajstić information content (AvgIpc) is 3.59. The summed E-state index contributed by atoms with van der Waals surface area (Å²) in [4.78, 5) is 28.5. The lowest BCUT2D eigenvalue weighted by Crippen LogP contribution is -2.49. The summed E-state index contributed by atoms with van der Waals surface area (Å²) in [5, 5.41) is 18.8. The summed E-state index contributed by atoms with van der Waals surface area (Å²) in [5.41, 5.74) is 10.2. The van der Waals surface area contributed by atoms with Crippen LogP contribution >= 0.6 is 27.5 Å². The summed E-state index contributed by atoms with van der Waals surface area (Å²) in [5.74, 6) is 0.639. The minimum atomic E-state index is -0.696. The van der Waals surface area contributed by atoms with Gasteiger partial charge in [-0.3, -0.25) is 9.59 Å². The van der Waals surface area contributed by atoms with Crippen LogP contribution < -0.4 is 16.0 Å². The van der Waals surface area contributed by atoms with Gasteiger partial charge in [0.15, 0.2) is 0 Å². The number of carbonyl (C=O) groups excluding carboxylic acids is 2. The van der Waals surface area contributed by atoms with Crippen LogP contribution in [0.5, 0.6) is 0 Å². The molecule has 0 aliphatic carbocycles. The van der Waals surface area contributed by atoms with E-state index in [2.05, 4.69) is 41.9 Å². The van der Waals surface area contributed by atoms with Crippen LogP contribution in [0, 0.1) is 0 Å². The minimum Gasteiger partial charge on any atom is -0.455 e. The molecule has 0 fully saturated rings. The number of fused-ring (bicyclic) bond motifs is 2. The highest BCUT2D eigenvalue weighted by Crippen LogP contribution is 2.41. The van der Waals surface area contributed by atoms with Crippen molar-refractivity contribution in [3.05, 3.63) is 81.3 Å². The molecule has 0 saturated heterocycles. The molecule has 1 atom stereocenters. The third kappa shape index (κ3) is 6.06. The number of benzene rings is 3. The fraction of sp³-hybridized carbons (Fsp3) is 0.258. The number of H-pyrrole nitrogens is 1. The molecule has 220 valence electrons. The molecule has 0 saturated carbocycles. The maximum Gasteiger partial charge on any atom is 0.249 e. The number of nitrogens with one attached hydrogen (secondary N) is 2.